The van der Waals surface area contributed by atoms with Gasteiger partial charge in [0.05, 0.1) is 5.69 Å². The van der Waals surface area contributed by atoms with Crippen LogP contribution in [0, 0.1) is 6.92 Å². The first-order valence-corrected chi connectivity index (χ1v) is 6.55. The molecule has 0 atom stereocenters. The number of hydrogen-bond acceptors (Lipinski definition) is 2. The van der Waals surface area contributed by atoms with Crippen LogP contribution in [0.15, 0.2) is 30.5 Å². The molecule has 1 aliphatic rings. The molecule has 0 aliphatic heterocycles. The van der Waals surface area contributed by atoms with Crippen molar-refractivity contribution in [2.24, 2.45) is 7.05 Å². The van der Waals surface area contributed by atoms with Gasteiger partial charge in [-0.05, 0) is 37.0 Å². The molecule has 1 saturated carbocycles. The van der Waals surface area contributed by atoms with Crippen LogP contribution in [0.25, 0.3) is 11.1 Å². The van der Waals surface area contributed by atoms with Crippen molar-refractivity contribution in [2.45, 2.75) is 32.4 Å². The Hall–Kier alpha value is -1.61. The molecule has 3 rings (SSSR count). The SMILES string of the molecule is Cc1nn(C)cc1-c1cccc(CNC2CC2)c1. The molecule has 1 N–H and O–H groups in total. The Balaban J connectivity index is 1.82. The number of aromatic nitrogens is 2. The normalized spacial score (nSPS) is 15.0. The minimum Gasteiger partial charge on any atom is -0.310 e. The molecule has 2 aromatic rings. The highest BCUT2D eigenvalue weighted by molar-refractivity contribution is 5.65. The van der Waals surface area contributed by atoms with E-state index in [0.717, 1.165) is 18.3 Å². The summed E-state index contributed by atoms with van der Waals surface area (Å²) in [7, 11) is 1.97. The van der Waals surface area contributed by atoms with E-state index >= 15 is 0 Å². The Kier molecular flexibility index (Phi) is 2.92. The molecule has 0 amide bonds. The summed E-state index contributed by atoms with van der Waals surface area (Å²) in [6.45, 7) is 3.03. The van der Waals surface area contributed by atoms with Crippen LogP contribution in [0.5, 0.6) is 0 Å². The summed E-state index contributed by atoms with van der Waals surface area (Å²) < 4.78 is 1.87. The summed E-state index contributed by atoms with van der Waals surface area (Å²) in [5, 5.41) is 7.95. The van der Waals surface area contributed by atoms with Crippen LogP contribution in [0.2, 0.25) is 0 Å². The summed E-state index contributed by atoms with van der Waals surface area (Å²) in [5.74, 6) is 0. The summed E-state index contributed by atoms with van der Waals surface area (Å²) in [5.41, 5.74) is 4.92. The predicted octanol–water partition coefficient (Wildman–Crippen LogP) is 2.65. The predicted molar refractivity (Wildman–Crippen MR) is 73.2 cm³/mol. The first-order chi connectivity index (χ1) is 8.72. The molecule has 1 fully saturated rings. The molecule has 0 spiro atoms. The van der Waals surface area contributed by atoms with E-state index in [9.17, 15) is 0 Å². The van der Waals surface area contributed by atoms with Gasteiger partial charge in [0, 0.05) is 31.4 Å². The highest BCUT2D eigenvalue weighted by atomic mass is 15.2. The molecule has 3 nitrogen and oxygen atoms in total. The lowest BCUT2D eigenvalue weighted by Crippen LogP contribution is -2.15. The van der Waals surface area contributed by atoms with Crippen LogP contribution >= 0.6 is 0 Å². The molecule has 0 radical (unpaired) electrons. The van der Waals surface area contributed by atoms with Crippen molar-refractivity contribution in [3.63, 3.8) is 0 Å². The highest BCUT2D eigenvalue weighted by Gasteiger charge is 2.19. The van der Waals surface area contributed by atoms with E-state index in [1.807, 2.05) is 11.7 Å². The quantitative estimate of drug-likeness (QED) is 0.892. The van der Waals surface area contributed by atoms with Gasteiger partial charge in [-0.2, -0.15) is 5.10 Å². The van der Waals surface area contributed by atoms with Crippen LogP contribution in [0.3, 0.4) is 0 Å². The van der Waals surface area contributed by atoms with Gasteiger partial charge in [0.25, 0.3) is 0 Å². The lowest BCUT2D eigenvalue weighted by Gasteiger charge is -2.05. The van der Waals surface area contributed by atoms with Gasteiger partial charge < -0.3 is 5.32 Å². The van der Waals surface area contributed by atoms with Gasteiger partial charge >= 0.3 is 0 Å². The van der Waals surface area contributed by atoms with Gasteiger partial charge in [-0.3, -0.25) is 4.68 Å². The maximum absolute atomic E-state index is 4.40. The second-order valence-corrected chi connectivity index (χ2v) is 5.16. The fourth-order valence-corrected chi connectivity index (χ4v) is 2.28. The third-order valence-electron chi connectivity index (χ3n) is 3.42. The summed E-state index contributed by atoms with van der Waals surface area (Å²) in [6.07, 6.45) is 4.76. The number of nitrogens with one attached hydrogen (secondary N) is 1. The molecular formula is C15H19N3. The maximum Gasteiger partial charge on any atom is 0.0671 e. The van der Waals surface area contributed by atoms with Crippen LogP contribution in [-0.4, -0.2) is 15.8 Å². The van der Waals surface area contributed by atoms with Crippen molar-refractivity contribution >= 4 is 0 Å². The number of aryl methyl sites for hydroxylation is 2. The summed E-state index contributed by atoms with van der Waals surface area (Å²) >= 11 is 0. The molecule has 0 bridgehead atoms. The van der Waals surface area contributed by atoms with Gasteiger partial charge in [0.1, 0.15) is 0 Å². The van der Waals surface area contributed by atoms with E-state index in [2.05, 4.69) is 47.8 Å². The first kappa shape index (κ1) is 11.5. The molecule has 1 heterocycles. The average molecular weight is 241 g/mol. The Labute approximate surface area is 108 Å². The molecule has 94 valence electrons. The monoisotopic (exact) mass is 241 g/mol. The molecule has 1 aromatic carbocycles. The average Bonchev–Trinajstić information content (AvgIpc) is 3.12. The molecule has 18 heavy (non-hydrogen) atoms. The van der Waals surface area contributed by atoms with Crippen LogP contribution in [-0.2, 0) is 13.6 Å². The van der Waals surface area contributed by atoms with Crippen molar-refractivity contribution in [3.8, 4) is 11.1 Å². The second kappa shape index (κ2) is 4.58. The smallest absolute Gasteiger partial charge is 0.0671 e. The molecule has 3 heteroatoms. The standard InChI is InChI=1S/C15H19N3/c1-11-15(10-18(2)17-11)13-5-3-4-12(8-13)9-16-14-6-7-14/h3-5,8,10,14,16H,6-7,9H2,1-2H3. The fourth-order valence-electron chi connectivity index (χ4n) is 2.28. The van der Waals surface area contributed by atoms with Crippen LogP contribution < -0.4 is 5.32 Å². The van der Waals surface area contributed by atoms with Gasteiger partial charge in [0.2, 0.25) is 0 Å². The van der Waals surface area contributed by atoms with Gasteiger partial charge in [0.15, 0.2) is 0 Å². The minimum atomic E-state index is 0.758. The Morgan fingerprint density at radius 1 is 1.39 bits per heavy atom. The number of benzene rings is 1. The van der Waals surface area contributed by atoms with Crippen LogP contribution in [0.1, 0.15) is 24.1 Å². The lowest BCUT2D eigenvalue weighted by atomic mass is 10.0. The summed E-state index contributed by atoms with van der Waals surface area (Å²) in [4.78, 5) is 0. The van der Waals surface area contributed by atoms with E-state index in [4.69, 9.17) is 0 Å². The van der Waals surface area contributed by atoms with Gasteiger partial charge in [-0.25, -0.2) is 0 Å². The van der Waals surface area contributed by atoms with Crippen molar-refractivity contribution in [1.82, 2.24) is 15.1 Å². The summed E-state index contributed by atoms with van der Waals surface area (Å²) in [6, 6.07) is 9.49. The number of nitrogens with zero attached hydrogens (tertiary/aromatic N) is 2. The zero-order chi connectivity index (χ0) is 12.5. The number of rotatable bonds is 4. The van der Waals surface area contributed by atoms with E-state index in [1.54, 1.807) is 0 Å². The zero-order valence-corrected chi connectivity index (χ0v) is 11.0. The minimum absolute atomic E-state index is 0.758. The van der Waals surface area contributed by atoms with Gasteiger partial charge in [-0.15, -0.1) is 0 Å². The molecule has 0 saturated heterocycles. The Bertz CT molecular complexity index is 553. The fraction of sp³-hybridized carbons (Fsp3) is 0.400. The lowest BCUT2D eigenvalue weighted by molar-refractivity contribution is 0.688. The zero-order valence-electron chi connectivity index (χ0n) is 11.0. The van der Waals surface area contributed by atoms with Crippen molar-refractivity contribution < 1.29 is 0 Å². The number of hydrogen-bond donors (Lipinski definition) is 1. The highest BCUT2D eigenvalue weighted by Crippen LogP contribution is 2.24. The first-order valence-electron chi connectivity index (χ1n) is 6.55. The van der Waals surface area contributed by atoms with Crippen molar-refractivity contribution in [1.29, 1.82) is 0 Å². The Morgan fingerprint density at radius 2 is 2.22 bits per heavy atom. The van der Waals surface area contributed by atoms with E-state index in [0.29, 0.717) is 0 Å². The van der Waals surface area contributed by atoms with Gasteiger partial charge in [-0.1, -0.05) is 18.2 Å². The molecule has 0 unspecified atom stereocenters. The van der Waals surface area contributed by atoms with E-state index in [1.165, 1.54) is 29.5 Å². The third kappa shape index (κ3) is 2.46. The maximum atomic E-state index is 4.40. The largest absolute Gasteiger partial charge is 0.310 e. The van der Waals surface area contributed by atoms with E-state index < -0.39 is 0 Å². The van der Waals surface area contributed by atoms with Crippen molar-refractivity contribution in [2.75, 3.05) is 0 Å². The second-order valence-electron chi connectivity index (χ2n) is 5.16. The van der Waals surface area contributed by atoms with E-state index in [-0.39, 0.29) is 0 Å². The molecule has 1 aromatic heterocycles. The van der Waals surface area contributed by atoms with Crippen molar-refractivity contribution in [3.05, 3.63) is 41.7 Å². The molecule has 1 aliphatic carbocycles. The third-order valence-corrected chi connectivity index (χ3v) is 3.42. The Morgan fingerprint density at radius 3 is 2.89 bits per heavy atom. The molecular weight excluding hydrogens is 222 g/mol. The topological polar surface area (TPSA) is 29.9 Å². The van der Waals surface area contributed by atoms with Crippen LogP contribution in [0.4, 0.5) is 0 Å².